The third kappa shape index (κ3) is 4.05. The Morgan fingerprint density at radius 2 is 1.75 bits per heavy atom. The number of pyridine rings is 1. The van der Waals surface area contributed by atoms with E-state index in [0.29, 0.717) is 36.8 Å². The quantitative estimate of drug-likeness (QED) is 0.489. The van der Waals surface area contributed by atoms with Gasteiger partial charge in [-0.2, -0.15) is 4.31 Å². The number of carboxylic acid groups (broad SMARTS) is 1. The first-order valence-electron chi connectivity index (χ1n) is 11.4. The number of sulfonamides is 1. The van der Waals surface area contributed by atoms with Crippen LogP contribution in [0.2, 0.25) is 0 Å². The summed E-state index contributed by atoms with van der Waals surface area (Å²) in [5.41, 5.74) is -0.748. The number of aryl methyl sites for hydroxylation is 1. The first-order chi connectivity index (χ1) is 17.2. The largest absolute Gasteiger partial charge is 0.545 e. The normalized spacial score (nSPS) is 16.3. The molecule has 1 aromatic heterocycles. The van der Waals surface area contributed by atoms with Crippen LogP contribution in [0.4, 0.5) is 10.1 Å². The van der Waals surface area contributed by atoms with Gasteiger partial charge in [-0.25, -0.2) is 12.8 Å². The number of aromatic carboxylic acids is 1. The number of carbonyl (C=O) groups is 1. The molecule has 0 atom stereocenters. The van der Waals surface area contributed by atoms with Gasteiger partial charge < -0.3 is 28.8 Å². The van der Waals surface area contributed by atoms with Gasteiger partial charge in [0.1, 0.15) is 19.0 Å². The van der Waals surface area contributed by atoms with Crippen molar-refractivity contribution in [2.24, 2.45) is 0 Å². The zero-order chi connectivity index (χ0) is 25.6. The number of anilines is 1. The van der Waals surface area contributed by atoms with Gasteiger partial charge in [-0.3, -0.25) is 4.79 Å². The minimum absolute atomic E-state index is 0.0559. The Labute approximate surface area is 206 Å². The first-order valence-corrected chi connectivity index (χ1v) is 12.9. The maximum atomic E-state index is 15.1. The zero-order valence-corrected chi connectivity index (χ0v) is 20.2. The molecule has 2 aliphatic heterocycles. The Balaban J connectivity index is 1.41. The SMILES string of the molecule is CCn1cc(C(=O)[O-])c(=O)c2cc(F)c(N3CCN(S(=O)(=O)c4ccc5c(c4)OCCO5)CC3)cc21. The fourth-order valence-corrected chi connectivity index (χ4v) is 5.99. The Morgan fingerprint density at radius 3 is 2.42 bits per heavy atom. The summed E-state index contributed by atoms with van der Waals surface area (Å²) in [5.74, 6) is -1.44. The van der Waals surface area contributed by atoms with Crippen molar-refractivity contribution in [1.82, 2.24) is 8.87 Å². The lowest BCUT2D eigenvalue weighted by atomic mass is 10.1. The van der Waals surface area contributed by atoms with Crippen molar-refractivity contribution in [1.29, 1.82) is 0 Å². The van der Waals surface area contributed by atoms with Crippen LogP contribution in [-0.4, -0.2) is 62.7 Å². The van der Waals surface area contributed by atoms with E-state index in [2.05, 4.69) is 0 Å². The second kappa shape index (κ2) is 9.10. The lowest BCUT2D eigenvalue weighted by Crippen LogP contribution is -2.49. The predicted octanol–water partition coefficient (Wildman–Crippen LogP) is 0.806. The third-order valence-electron chi connectivity index (χ3n) is 6.44. The smallest absolute Gasteiger partial charge is 0.243 e. The number of fused-ring (bicyclic) bond motifs is 2. The number of benzene rings is 2. The Bertz CT molecular complexity index is 1530. The minimum atomic E-state index is -3.80. The van der Waals surface area contributed by atoms with Crippen LogP contribution in [0.5, 0.6) is 11.5 Å². The number of rotatable bonds is 5. The van der Waals surface area contributed by atoms with E-state index in [1.807, 2.05) is 0 Å². The number of carbonyl (C=O) groups excluding carboxylic acids is 1. The van der Waals surface area contributed by atoms with Crippen LogP contribution < -0.4 is 24.9 Å². The van der Waals surface area contributed by atoms with Crippen LogP contribution in [-0.2, 0) is 16.6 Å². The fraction of sp³-hybridized carbons (Fsp3) is 0.333. The van der Waals surface area contributed by atoms with Crippen molar-refractivity contribution in [2.75, 3.05) is 44.3 Å². The van der Waals surface area contributed by atoms with E-state index in [1.54, 1.807) is 22.5 Å². The van der Waals surface area contributed by atoms with E-state index in [1.165, 1.54) is 28.7 Å². The summed E-state index contributed by atoms with van der Waals surface area (Å²) < 4.78 is 55.4. The van der Waals surface area contributed by atoms with Gasteiger partial charge in [-0.1, -0.05) is 0 Å². The van der Waals surface area contributed by atoms with Crippen molar-refractivity contribution in [3.8, 4) is 11.5 Å². The van der Waals surface area contributed by atoms with Gasteiger partial charge in [-0.05, 0) is 31.2 Å². The molecule has 0 N–H and O–H groups in total. The standard InChI is InChI=1S/C24H24FN3O7S/c1-2-26-14-17(24(30)31)23(29)16-12-18(25)20(13-19(16)26)27-5-7-28(8-6-27)36(32,33)15-3-4-21-22(11-15)35-10-9-34-21/h3-4,11-14H,2,5-10H2,1H3,(H,30,31)/p-1. The van der Waals surface area contributed by atoms with Gasteiger partial charge in [0.15, 0.2) is 16.9 Å². The molecule has 5 rings (SSSR count). The van der Waals surface area contributed by atoms with E-state index >= 15 is 4.39 Å². The van der Waals surface area contributed by atoms with Crippen LogP contribution in [0.15, 0.2) is 46.2 Å². The molecule has 3 heterocycles. The maximum Gasteiger partial charge on any atom is 0.243 e. The molecule has 0 spiro atoms. The average molecular weight is 517 g/mol. The first kappa shape index (κ1) is 24.1. The summed E-state index contributed by atoms with van der Waals surface area (Å²) in [6, 6.07) is 7.03. The fourth-order valence-electron chi connectivity index (χ4n) is 4.55. The van der Waals surface area contributed by atoms with Crippen LogP contribution >= 0.6 is 0 Å². The van der Waals surface area contributed by atoms with Crippen LogP contribution in [0.25, 0.3) is 10.9 Å². The van der Waals surface area contributed by atoms with Gasteiger partial charge in [-0.15, -0.1) is 0 Å². The topological polar surface area (TPSA) is 121 Å². The zero-order valence-electron chi connectivity index (χ0n) is 19.4. The molecule has 1 fully saturated rings. The van der Waals surface area contributed by atoms with Crippen LogP contribution in [0.3, 0.4) is 0 Å². The number of hydrogen-bond donors (Lipinski definition) is 0. The number of ether oxygens (including phenoxy) is 2. The second-order valence-corrected chi connectivity index (χ2v) is 10.4. The van der Waals surface area contributed by atoms with Gasteiger partial charge in [0.2, 0.25) is 10.0 Å². The highest BCUT2D eigenvalue weighted by Gasteiger charge is 2.31. The van der Waals surface area contributed by atoms with Crippen molar-refractivity contribution < 1.29 is 32.2 Å². The molecule has 0 unspecified atom stereocenters. The Kier molecular flexibility index (Phi) is 6.08. The van der Waals surface area contributed by atoms with Crippen molar-refractivity contribution in [3.63, 3.8) is 0 Å². The number of piperazine rings is 1. The summed E-state index contributed by atoms with van der Waals surface area (Å²) in [5, 5.41) is 11.3. The van der Waals surface area contributed by atoms with Crippen molar-refractivity contribution in [3.05, 3.63) is 58.1 Å². The highest BCUT2D eigenvalue weighted by atomic mass is 32.2. The van der Waals surface area contributed by atoms with E-state index in [-0.39, 0.29) is 42.1 Å². The summed E-state index contributed by atoms with van der Waals surface area (Å²) in [7, 11) is -3.80. The third-order valence-corrected chi connectivity index (χ3v) is 8.33. The van der Waals surface area contributed by atoms with Gasteiger partial charge in [0, 0.05) is 50.4 Å². The van der Waals surface area contributed by atoms with E-state index < -0.39 is 32.8 Å². The Hall–Kier alpha value is -3.64. The molecule has 0 amide bonds. The number of hydrogen-bond acceptors (Lipinski definition) is 8. The molecule has 190 valence electrons. The lowest BCUT2D eigenvalue weighted by molar-refractivity contribution is -0.255. The molecule has 12 heteroatoms. The minimum Gasteiger partial charge on any atom is -0.545 e. The Morgan fingerprint density at radius 1 is 1.06 bits per heavy atom. The van der Waals surface area contributed by atoms with E-state index in [9.17, 15) is 23.1 Å². The molecular weight excluding hydrogens is 493 g/mol. The molecule has 0 radical (unpaired) electrons. The summed E-state index contributed by atoms with van der Waals surface area (Å²) in [6.07, 6.45) is 1.19. The van der Waals surface area contributed by atoms with Gasteiger partial charge >= 0.3 is 0 Å². The molecule has 1 saturated heterocycles. The number of nitrogens with zero attached hydrogens (tertiary/aromatic N) is 3. The lowest BCUT2D eigenvalue weighted by Gasteiger charge is -2.35. The number of carboxylic acids is 1. The predicted molar refractivity (Wildman–Crippen MR) is 127 cm³/mol. The van der Waals surface area contributed by atoms with Gasteiger partial charge in [0.25, 0.3) is 0 Å². The molecule has 36 heavy (non-hydrogen) atoms. The molecule has 3 aromatic rings. The van der Waals surface area contributed by atoms with Crippen LogP contribution in [0, 0.1) is 5.82 Å². The van der Waals surface area contributed by atoms with Crippen molar-refractivity contribution >= 4 is 32.6 Å². The molecule has 10 nitrogen and oxygen atoms in total. The molecule has 0 aliphatic carbocycles. The number of halogens is 1. The van der Waals surface area contributed by atoms with Crippen LogP contribution in [0.1, 0.15) is 17.3 Å². The molecular formula is C24H23FN3O7S-. The van der Waals surface area contributed by atoms with E-state index in [4.69, 9.17) is 9.47 Å². The average Bonchev–Trinajstić information content (AvgIpc) is 2.88. The number of aromatic nitrogens is 1. The highest BCUT2D eigenvalue weighted by Crippen LogP contribution is 2.34. The van der Waals surface area contributed by atoms with Crippen molar-refractivity contribution in [2.45, 2.75) is 18.4 Å². The molecule has 2 aliphatic rings. The summed E-state index contributed by atoms with van der Waals surface area (Å²) in [6.45, 7) is 3.55. The van der Waals surface area contributed by atoms with E-state index in [0.717, 1.165) is 6.07 Å². The molecule has 0 saturated carbocycles. The molecule has 2 aromatic carbocycles. The summed E-state index contributed by atoms with van der Waals surface area (Å²) in [4.78, 5) is 25.7. The maximum absolute atomic E-state index is 15.1. The highest BCUT2D eigenvalue weighted by molar-refractivity contribution is 7.89. The summed E-state index contributed by atoms with van der Waals surface area (Å²) >= 11 is 0. The molecule has 0 bridgehead atoms. The monoisotopic (exact) mass is 516 g/mol. The van der Waals surface area contributed by atoms with Gasteiger partial charge in [0.05, 0.1) is 27.6 Å². The second-order valence-electron chi connectivity index (χ2n) is 8.46.